The molecule has 4 nitrogen and oxygen atoms in total. The Morgan fingerprint density at radius 2 is 2.00 bits per heavy atom. The van der Waals surface area contributed by atoms with Crippen molar-refractivity contribution in [2.24, 2.45) is 5.41 Å². The van der Waals surface area contributed by atoms with Crippen LogP contribution in [0.3, 0.4) is 0 Å². The molecule has 2 atom stereocenters. The molecule has 17 heavy (non-hydrogen) atoms. The zero-order chi connectivity index (χ0) is 12.8. The molecule has 0 unspecified atom stereocenters. The molecule has 1 aromatic rings. The van der Waals surface area contributed by atoms with Gasteiger partial charge in [-0.25, -0.2) is 0 Å². The van der Waals surface area contributed by atoms with Gasteiger partial charge in [-0.05, 0) is 24.5 Å². The fraction of sp³-hybridized carbons (Fsp3) is 0.615. The molecule has 0 aromatic carbocycles. The molecule has 2 heterocycles. The fourth-order valence-electron chi connectivity index (χ4n) is 2.17. The molecule has 1 fully saturated rings. The lowest BCUT2D eigenvalue weighted by Crippen LogP contribution is -2.40. The summed E-state index contributed by atoms with van der Waals surface area (Å²) in [6.07, 6.45) is -0.152. The van der Waals surface area contributed by atoms with E-state index in [0.717, 1.165) is 11.5 Å². The van der Waals surface area contributed by atoms with E-state index >= 15 is 0 Å². The van der Waals surface area contributed by atoms with Crippen molar-refractivity contribution in [1.29, 1.82) is 0 Å². The van der Waals surface area contributed by atoms with Crippen LogP contribution in [0.1, 0.15) is 38.5 Å². The first-order chi connectivity index (χ1) is 7.80. The Hall–Kier alpha value is -1.29. The Morgan fingerprint density at radius 1 is 1.35 bits per heavy atom. The van der Waals surface area contributed by atoms with Gasteiger partial charge < -0.3 is 9.32 Å². The van der Waals surface area contributed by atoms with E-state index in [1.165, 1.54) is 0 Å². The number of aryl methyl sites for hydroxylation is 1. The summed E-state index contributed by atoms with van der Waals surface area (Å²) in [6.45, 7) is 8.09. The van der Waals surface area contributed by atoms with Crippen molar-refractivity contribution in [2.75, 3.05) is 7.05 Å². The highest BCUT2D eigenvalue weighted by atomic mass is 16.3. The average Bonchev–Trinajstić information content (AvgIpc) is 2.73. The van der Waals surface area contributed by atoms with Gasteiger partial charge in [0.15, 0.2) is 0 Å². The number of rotatable bonds is 1. The summed E-state index contributed by atoms with van der Waals surface area (Å²) < 4.78 is 5.59. The van der Waals surface area contributed by atoms with Crippen LogP contribution < -0.4 is 5.32 Å². The molecule has 1 saturated heterocycles. The molecular formula is C13H20N2O2. The Kier molecular flexibility index (Phi) is 2.78. The lowest BCUT2D eigenvalue weighted by atomic mass is 9.87. The summed E-state index contributed by atoms with van der Waals surface area (Å²) in [7, 11) is 1.81. The lowest BCUT2D eigenvalue weighted by Gasteiger charge is -2.24. The van der Waals surface area contributed by atoms with Crippen LogP contribution in [0.2, 0.25) is 0 Å². The number of hydrogen-bond donors (Lipinski definition) is 1. The van der Waals surface area contributed by atoms with Crippen LogP contribution in [0.5, 0.6) is 0 Å². The predicted octanol–water partition coefficient (Wildman–Crippen LogP) is 2.06. The number of nitrogens with one attached hydrogen (secondary N) is 1. The predicted molar refractivity (Wildman–Crippen MR) is 65.3 cm³/mol. The Labute approximate surface area is 102 Å². The SMILES string of the molecule is Cc1ccc([C@@H]2N[C@@H](C(C)(C)C)C(=O)N2C)o1. The van der Waals surface area contributed by atoms with Crippen LogP contribution in [0.25, 0.3) is 0 Å². The second kappa shape index (κ2) is 3.88. The van der Waals surface area contributed by atoms with Crippen LogP contribution in [-0.4, -0.2) is 23.9 Å². The first-order valence-electron chi connectivity index (χ1n) is 5.90. The van der Waals surface area contributed by atoms with Crippen LogP contribution in [0, 0.1) is 12.3 Å². The highest BCUT2D eigenvalue weighted by molar-refractivity contribution is 5.85. The quantitative estimate of drug-likeness (QED) is 0.811. The maximum atomic E-state index is 12.2. The molecule has 4 heteroatoms. The van der Waals surface area contributed by atoms with Crippen molar-refractivity contribution in [2.45, 2.75) is 39.9 Å². The highest BCUT2D eigenvalue weighted by Gasteiger charge is 2.44. The van der Waals surface area contributed by atoms with Gasteiger partial charge in [0.1, 0.15) is 17.7 Å². The minimum atomic E-state index is -0.164. The van der Waals surface area contributed by atoms with E-state index in [-0.39, 0.29) is 23.5 Å². The maximum absolute atomic E-state index is 12.2. The maximum Gasteiger partial charge on any atom is 0.241 e. The smallest absolute Gasteiger partial charge is 0.241 e. The molecule has 0 radical (unpaired) electrons. The van der Waals surface area contributed by atoms with Gasteiger partial charge in [0, 0.05) is 7.05 Å². The van der Waals surface area contributed by atoms with Gasteiger partial charge in [0.25, 0.3) is 0 Å². The van der Waals surface area contributed by atoms with Gasteiger partial charge in [-0.3, -0.25) is 10.1 Å². The Morgan fingerprint density at radius 3 is 2.41 bits per heavy atom. The summed E-state index contributed by atoms with van der Waals surface area (Å²) in [5, 5.41) is 3.34. The summed E-state index contributed by atoms with van der Waals surface area (Å²) in [5.41, 5.74) is -0.0955. The number of carbonyl (C=O) groups excluding carboxylic acids is 1. The van der Waals surface area contributed by atoms with Crippen LogP contribution >= 0.6 is 0 Å². The van der Waals surface area contributed by atoms with Crippen molar-refractivity contribution in [3.63, 3.8) is 0 Å². The normalized spacial score (nSPS) is 25.7. The molecule has 1 aliphatic rings. The van der Waals surface area contributed by atoms with Crippen LogP contribution in [0.4, 0.5) is 0 Å². The molecule has 0 saturated carbocycles. The molecule has 0 aliphatic carbocycles. The molecule has 2 rings (SSSR count). The van der Waals surface area contributed by atoms with Crippen molar-refractivity contribution in [3.05, 3.63) is 23.7 Å². The van der Waals surface area contributed by atoms with Crippen LogP contribution in [-0.2, 0) is 4.79 Å². The van der Waals surface area contributed by atoms with Crippen molar-refractivity contribution < 1.29 is 9.21 Å². The van der Waals surface area contributed by atoms with Gasteiger partial charge in [-0.2, -0.15) is 0 Å². The summed E-state index contributed by atoms with van der Waals surface area (Å²) >= 11 is 0. The second-order valence-electron chi connectivity index (χ2n) is 5.77. The number of nitrogens with zero attached hydrogens (tertiary/aromatic N) is 1. The molecule has 1 aromatic heterocycles. The zero-order valence-electron chi connectivity index (χ0n) is 11.1. The largest absolute Gasteiger partial charge is 0.463 e. The van der Waals surface area contributed by atoms with Gasteiger partial charge in [-0.15, -0.1) is 0 Å². The first-order valence-corrected chi connectivity index (χ1v) is 5.90. The monoisotopic (exact) mass is 236 g/mol. The number of likely N-dealkylation sites (N-methyl/N-ethyl adjacent to an activating group) is 1. The summed E-state index contributed by atoms with van der Waals surface area (Å²) in [5.74, 6) is 1.78. The van der Waals surface area contributed by atoms with E-state index in [4.69, 9.17) is 4.42 Å². The highest BCUT2D eigenvalue weighted by Crippen LogP contribution is 2.32. The molecule has 94 valence electrons. The van der Waals surface area contributed by atoms with E-state index in [1.807, 2.05) is 26.1 Å². The van der Waals surface area contributed by atoms with Gasteiger partial charge in [-0.1, -0.05) is 20.8 Å². The first kappa shape index (κ1) is 12.2. The third kappa shape index (κ3) is 2.09. The number of amides is 1. The third-order valence-electron chi connectivity index (χ3n) is 3.20. The molecule has 1 aliphatic heterocycles. The topological polar surface area (TPSA) is 45.5 Å². The van der Waals surface area contributed by atoms with E-state index in [9.17, 15) is 4.79 Å². The molecular weight excluding hydrogens is 216 g/mol. The van der Waals surface area contributed by atoms with E-state index in [1.54, 1.807) is 4.90 Å². The number of carbonyl (C=O) groups is 1. The Bertz CT molecular complexity index is 431. The van der Waals surface area contributed by atoms with E-state index in [0.29, 0.717) is 0 Å². The summed E-state index contributed by atoms with van der Waals surface area (Å²) in [4.78, 5) is 13.9. The van der Waals surface area contributed by atoms with Gasteiger partial charge in [0.2, 0.25) is 5.91 Å². The third-order valence-corrected chi connectivity index (χ3v) is 3.20. The number of hydrogen-bond acceptors (Lipinski definition) is 3. The molecule has 0 bridgehead atoms. The second-order valence-corrected chi connectivity index (χ2v) is 5.77. The molecule has 0 spiro atoms. The van der Waals surface area contributed by atoms with Gasteiger partial charge >= 0.3 is 0 Å². The average molecular weight is 236 g/mol. The van der Waals surface area contributed by atoms with E-state index < -0.39 is 0 Å². The molecule has 1 N–H and O–H groups in total. The van der Waals surface area contributed by atoms with Gasteiger partial charge in [0.05, 0.1) is 6.04 Å². The van der Waals surface area contributed by atoms with E-state index in [2.05, 4.69) is 26.1 Å². The minimum absolute atomic E-state index is 0.0955. The molecule has 1 amide bonds. The van der Waals surface area contributed by atoms with Crippen molar-refractivity contribution >= 4 is 5.91 Å². The fourth-order valence-corrected chi connectivity index (χ4v) is 2.17. The van der Waals surface area contributed by atoms with Crippen molar-refractivity contribution in [3.8, 4) is 0 Å². The number of furan rings is 1. The standard InChI is InChI=1S/C13H20N2O2/c1-8-6-7-9(17-8)11-14-10(13(2,3)4)12(16)15(11)5/h6-7,10-11,14H,1-5H3/t10-,11-/m1/s1. The minimum Gasteiger partial charge on any atom is -0.463 e. The zero-order valence-corrected chi connectivity index (χ0v) is 11.1. The van der Waals surface area contributed by atoms with Crippen molar-refractivity contribution in [1.82, 2.24) is 10.2 Å². The van der Waals surface area contributed by atoms with Crippen LogP contribution in [0.15, 0.2) is 16.5 Å². The Balaban J connectivity index is 2.26. The lowest BCUT2D eigenvalue weighted by molar-refractivity contribution is -0.130. The summed E-state index contributed by atoms with van der Waals surface area (Å²) in [6, 6.07) is 3.67.